The predicted molar refractivity (Wildman–Crippen MR) is 117 cm³/mol. The number of anilines is 2. The fourth-order valence-electron chi connectivity index (χ4n) is 3.32. The first kappa shape index (κ1) is 20.8. The Balaban J connectivity index is 1.38. The lowest BCUT2D eigenvalue weighted by Crippen LogP contribution is -2.36. The Morgan fingerprint density at radius 2 is 1.90 bits per heavy atom. The van der Waals surface area contributed by atoms with Gasteiger partial charge in [-0.3, -0.25) is 4.79 Å². The summed E-state index contributed by atoms with van der Waals surface area (Å²) in [5.74, 6) is 1.05. The van der Waals surface area contributed by atoms with E-state index in [4.69, 9.17) is 9.47 Å². The molecular weight excluding hydrogens is 396 g/mol. The molecule has 1 aliphatic heterocycles. The van der Waals surface area contributed by atoms with Crippen LogP contribution in [0.5, 0.6) is 5.75 Å². The van der Waals surface area contributed by atoms with Crippen LogP contribution in [-0.4, -0.2) is 59.0 Å². The van der Waals surface area contributed by atoms with Crippen LogP contribution in [0.25, 0.3) is 11.4 Å². The summed E-state index contributed by atoms with van der Waals surface area (Å²) in [5, 5.41) is 15.4. The van der Waals surface area contributed by atoms with Gasteiger partial charge in [-0.25, -0.2) is 0 Å². The number of para-hydroxylation sites is 2. The van der Waals surface area contributed by atoms with Gasteiger partial charge < -0.3 is 19.7 Å². The SMILES string of the molecule is CCCOc1ccc(-c2nnn(CC(=O)Nc3ccccc3N3CCOCC3)n2)cc1. The number of benzene rings is 2. The van der Waals surface area contributed by atoms with Crippen LogP contribution in [0.3, 0.4) is 0 Å². The molecule has 0 aliphatic carbocycles. The summed E-state index contributed by atoms with van der Waals surface area (Å²) in [4.78, 5) is 16.1. The van der Waals surface area contributed by atoms with Gasteiger partial charge in [0, 0.05) is 18.7 Å². The number of hydrogen-bond acceptors (Lipinski definition) is 7. The first-order valence-electron chi connectivity index (χ1n) is 10.5. The van der Waals surface area contributed by atoms with E-state index in [2.05, 4.69) is 32.6 Å². The molecular formula is C22H26N6O3. The van der Waals surface area contributed by atoms with Gasteiger partial charge >= 0.3 is 0 Å². The average molecular weight is 422 g/mol. The predicted octanol–water partition coefficient (Wildman–Crippen LogP) is 2.60. The molecule has 1 aromatic heterocycles. The molecule has 0 unspecified atom stereocenters. The van der Waals surface area contributed by atoms with Crippen LogP contribution in [0.15, 0.2) is 48.5 Å². The van der Waals surface area contributed by atoms with Gasteiger partial charge in [-0.05, 0) is 48.0 Å². The first-order chi connectivity index (χ1) is 15.2. The summed E-state index contributed by atoms with van der Waals surface area (Å²) >= 11 is 0. The summed E-state index contributed by atoms with van der Waals surface area (Å²) in [7, 11) is 0. The number of ether oxygens (including phenoxy) is 2. The molecule has 1 saturated heterocycles. The van der Waals surface area contributed by atoms with Gasteiger partial charge in [0.25, 0.3) is 0 Å². The second kappa shape index (κ2) is 10.0. The van der Waals surface area contributed by atoms with Gasteiger partial charge in [-0.15, -0.1) is 10.2 Å². The fraction of sp³-hybridized carbons (Fsp3) is 0.364. The zero-order chi connectivity index (χ0) is 21.5. The number of rotatable bonds is 8. The van der Waals surface area contributed by atoms with Crippen LogP contribution >= 0.6 is 0 Å². The molecule has 9 nitrogen and oxygen atoms in total. The Hall–Kier alpha value is -3.46. The van der Waals surface area contributed by atoms with Gasteiger partial charge in [-0.2, -0.15) is 4.80 Å². The monoisotopic (exact) mass is 422 g/mol. The molecule has 2 aromatic carbocycles. The minimum absolute atomic E-state index is 0.0257. The number of nitrogens with zero attached hydrogens (tertiary/aromatic N) is 5. The number of tetrazole rings is 1. The molecule has 0 spiro atoms. The highest BCUT2D eigenvalue weighted by molar-refractivity contribution is 5.94. The van der Waals surface area contributed by atoms with E-state index in [1.165, 1.54) is 4.80 Å². The van der Waals surface area contributed by atoms with E-state index in [9.17, 15) is 4.79 Å². The Labute approximate surface area is 181 Å². The molecule has 0 saturated carbocycles. The maximum atomic E-state index is 12.6. The molecule has 0 bridgehead atoms. The van der Waals surface area contributed by atoms with Crippen molar-refractivity contribution in [1.82, 2.24) is 20.2 Å². The smallest absolute Gasteiger partial charge is 0.248 e. The number of nitrogens with one attached hydrogen (secondary N) is 1. The molecule has 1 aliphatic rings. The third kappa shape index (κ3) is 5.37. The highest BCUT2D eigenvalue weighted by Gasteiger charge is 2.16. The number of amides is 1. The maximum Gasteiger partial charge on any atom is 0.248 e. The van der Waals surface area contributed by atoms with Crippen LogP contribution in [0.4, 0.5) is 11.4 Å². The van der Waals surface area contributed by atoms with Crippen LogP contribution in [0.2, 0.25) is 0 Å². The Morgan fingerprint density at radius 1 is 1.13 bits per heavy atom. The molecule has 1 fully saturated rings. The maximum absolute atomic E-state index is 12.6. The quantitative estimate of drug-likeness (QED) is 0.596. The number of carbonyl (C=O) groups excluding carboxylic acids is 1. The van der Waals surface area contributed by atoms with Crippen molar-refractivity contribution in [2.24, 2.45) is 0 Å². The molecule has 1 amide bonds. The second-order valence-corrected chi connectivity index (χ2v) is 7.18. The minimum Gasteiger partial charge on any atom is -0.494 e. The molecule has 4 rings (SSSR count). The molecule has 1 N–H and O–H groups in total. The van der Waals surface area contributed by atoms with Crippen molar-refractivity contribution in [2.45, 2.75) is 19.9 Å². The standard InChI is InChI=1S/C22H26N6O3/c1-2-13-31-18-9-7-17(8-10-18)22-24-26-28(25-22)16-21(29)23-19-5-3-4-6-20(19)27-11-14-30-15-12-27/h3-10H,2,11-16H2,1H3,(H,23,29). The zero-order valence-corrected chi connectivity index (χ0v) is 17.5. The van der Waals surface area contributed by atoms with Gasteiger partial charge in [-0.1, -0.05) is 19.1 Å². The van der Waals surface area contributed by atoms with Gasteiger partial charge in [0.2, 0.25) is 11.7 Å². The van der Waals surface area contributed by atoms with Crippen LogP contribution in [-0.2, 0) is 16.1 Å². The summed E-state index contributed by atoms with van der Waals surface area (Å²) < 4.78 is 11.0. The van der Waals surface area contributed by atoms with E-state index in [1.807, 2.05) is 48.5 Å². The molecule has 9 heteroatoms. The number of hydrogen-bond donors (Lipinski definition) is 1. The topological polar surface area (TPSA) is 94.4 Å². The Kier molecular flexibility index (Phi) is 6.73. The number of carbonyl (C=O) groups is 1. The van der Waals surface area contributed by atoms with E-state index in [0.717, 1.165) is 42.2 Å². The molecule has 0 atom stereocenters. The van der Waals surface area contributed by atoms with Crippen LogP contribution < -0.4 is 15.0 Å². The molecule has 31 heavy (non-hydrogen) atoms. The van der Waals surface area contributed by atoms with E-state index in [0.29, 0.717) is 25.6 Å². The van der Waals surface area contributed by atoms with Crippen LogP contribution in [0.1, 0.15) is 13.3 Å². The minimum atomic E-state index is -0.215. The van der Waals surface area contributed by atoms with Gasteiger partial charge in [0.15, 0.2) is 0 Å². The second-order valence-electron chi connectivity index (χ2n) is 7.18. The average Bonchev–Trinajstić information content (AvgIpc) is 3.27. The van der Waals surface area contributed by atoms with E-state index in [1.54, 1.807) is 0 Å². The van der Waals surface area contributed by atoms with Crippen molar-refractivity contribution < 1.29 is 14.3 Å². The zero-order valence-electron chi connectivity index (χ0n) is 17.5. The van der Waals surface area contributed by atoms with Crippen molar-refractivity contribution >= 4 is 17.3 Å². The third-order valence-corrected chi connectivity index (χ3v) is 4.85. The van der Waals surface area contributed by atoms with Crippen molar-refractivity contribution in [3.8, 4) is 17.1 Å². The van der Waals surface area contributed by atoms with Crippen LogP contribution in [0, 0.1) is 0 Å². The lowest BCUT2D eigenvalue weighted by atomic mass is 10.2. The highest BCUT2D eigenvalue weighted by Crippen LogP contribution is 2.26. The number of aromatic nitrogens is 4. The fourth-order valence-corrected chi connectivity index (χ4v) is 3.32. The lowest BCUT2D eigenvalue weighted by Gasteiger charge is -2.30. The van der Waals surface area contributed by atoms with E-state index < -0.39 is 0 Å². The van der Waals surface area contributed by atoms with Crippen molar-refractivity contribution in [1.29, 1.82) is 0 Å². The summed E-state index contributed by atoms with van der Waals surface area (Å²) in [5.41, 5.74) is 2.56. The van der Waals surface area contributed by atoms with E-state index >= 15 is 0 Å². The lowest BCUT2D eigenvalue weighted by molar-refractivity contribution is -0.117. The van der Waals surface area contributed by atoms with Crippen molar-refractivity contribution in [3.63, 3.8) is 0 Å². The summed E-state index contributed by atoms with van der Waals surface area (Å²) in [6.07, 6.45) is 0.955. The van der Waals surface area contributed by atoms with Gasteiger partial charge in [0.1, 0.15) is 12.3 Å². The van der Waals surface area contributed by atoms with Crippen molar-refractivity contribution in [2.75, 3.05) is 43.1 Å². The van der Waals surface area contributed by atoms with Crippen molar-refractivity contribution in [3.05, 3.63) is 48.5 Å². The highest BCUT2D eigenvalue weighted by atomic mass is 16.5. The summed E-state index contributed by atoms with van der Waals surface area (Å²) in [6.45, 7) is 5.67. The normalized spacial score (nSPS) is 13.8. The Morgan fingerprint density at radius 3 is 2.68 bits per heavy atom. The molecule has 162 valence electrons. The molecule has 0 radical (unpaired) electrons. The van der Waals surface area contributed by atoms with E-state index in [-0.39, 0.29) is 12.5 Å². The first-order valence-corrected chi connectivity index (χ1v) is 10.5. The van der Waals surface area contributed by atoms with Gasteiger partial charge in [0.05, 0.1) is 31.2 Å². The number of morpholine rings is 1. The summed E-state index contributed by atoms with van der Waals surface area (Å²) in [6, 6.07) is 15.3. The molecule has 3 aromatic rings. The largest absolute Gasteiger partial charge is 0.494 e. The Bertz CT molecular complexity index is 998. The third-order valence-electron chi connectivity index (χ3n) is 4.85. The molecule has 2 heterocycles.